The molecule has 4 rings (SSSR count). The van der Waals surface area contributed by atoms with Gasteiger partial charge in [-0.2, -0.15) is 0 Å². The van der Waals surface area contributed by atoms with Gasteiger partial charge in [0, 0.05) is 51.5 Å². The van der Waals surface area contributed by atoms with Crippen molar-refractivity contribution in [3.05, 3.63) is 53.3 Å². The summed E-state index contributed by atoms with van der Waals surface area (Å²) >= 11 is 0. The van der Waals surface area contributed by atoms with E-state index in [2.05, 4.69) is 44.0 Å². The Labute approximate surface area is 165 Å². The minimum Gasteiger partial charge on any atom is -0.378 e. The molecule has 0 unspecified atom stereocenters. The van der Waals surface area contributed by atoms with Crippen LogP contribution in [0.3, 0.4) is 0 Å². The highest BCUT2D eigenvalue weighted by Crippen LogP contribution is 2.15. The third kappa shape index (κ3) is 4.48. The summed E-state index contributed by atoms with van der Waals surface area (Å²) in [5, 5.41) is 0. The average Bonchev–Trinajstić information content (AvgIpc) is 2.75. The average molecular weight is 381 g/mol. The van der Waals surface area contributed by atoms with Gasteiger partial charge in [-0.25, -0.2) is 9.97 Å². The first-order chi connectivity index (χ1) is 13.7. The zero-order chi connectivity index (χ0) is 19.3. The summed E-state index contributed by atoms with van der Waals surface area (Å²) < 4.78 is 5.40. The first-order valence-corrected chi connectivity index (χ1v) is 9.93. The lowest BCUT2D eigenvalue weighted by Crippen LogP contribution is -2.48. The number of benzene rings is 1. The largest absolute Gasteiger partial charge is 0.378 e. The molecule has 1 aromatic carbocycles. The first kappa shape index (κ1) is 18.8. The molecular formula is C21H27N5O2. The van der Waals surface area contributed by atoms with Crippen LogP contribution in [0.4, 0.5) is 5.95 Å². The quantitative estimate of drug-likeness (QED) is 0.801. The molecule has 0 N–H and O–H groups in total. The molecule has 2 saturated heterocycles. The fraction of sp³-hybridized carbons (Fsp3) is 0.476. The molecule has 0 bridgehead atoms. The van der Waals surface area contributed by atoms with Crippen molar-refractivity contribution >= 4 is 11.9 Å². The number of anilines is 1. The molecule has 0 radical (unpaired) electrons. The van der Waals surface area contributed by atoms with E-state index < -0.39 is 0 Å². The van der Waals surface area contributed by atoms with Crippen molar-refractivity contribution in [3.8, 4) is 0 Å². The molecule has 2 aliphatic rings. The number of aryl methyl sites for hydroxylation is 1. The maximum atomic E-state index is 13.0. The molecule has 7 heteroatoms. The fourth-order valence-corrected chi connectivity index (χ4v) is 3.68. The summed E-state index contributed by atoms with van der Waals surface area (Å²) in [6.07, 6.45) is 0. The zero-order valence-corrected chi connectivity index (χ0v) is 16.4. The molecule has 2 aromatic rings. The van der Waals surface area contributed by atoms with Gasteiger partial charge in [0.2, 0.25) is 5.95 Å². The van der Waals surface area contributed by atoms with E-state index in [1.165, 1.54) is 5.56 Å². The molecule has 2 aliphatic heterocycles. The Hall–Kier alpha value is -2.51. The van der Waals surface area contributed by atoms with E-state index >= 15 is 0 Å². The second kappa shape index (κ2) is 8.67. The SMILES string of the molecule is Cc1cc(C(=O)N2CCN(Cc3ccccc3)CC2)nc(N2CCOCC2)n1. The maximum Gasteiger partial charge on any atom is 0.272 e. The van der Waals surface area contributed by atoms with Crippen LogP contribution in [0.15, 0.2) is 36.4 Å². The Morgan fingerprint density at radius 3 is 2.43 bits per heavy atom. The number of morpholine rings is 1. The van der Waals surface area contributed by atoms with Gasteiger partial charge in [0.05, 0.1) is 13.2 Å². The van der Waals surface area contributed by atoms with Crippen molar-refractivity contribution in [2.75, 3.05) is 57.4 Å². The van der Waals surface area contributed by atoms with E-state index in [1.807, 2.05) is 17.9 Å². The van der Waals surface area contributed by atoms with Crippen molar-refractivity contribution in [1.29, 1.82) is 0 Å². The second-order valence-corrected chi connectivity index (χ2v) is 7.35. The van der Waals surface area contributed by atoms with Gasteiger partial charge in [-0.15, -0.1) is 0 Å². The van der Waals surface area contributed by atoms with E-state index in [0.29, 0.717) is 24.9 Å². The number of rotatable bonds is 4. The molecule has 0 atom stereocenters. The number of amides is 1. The number of aromatic nitrogens is 2. The summed E-state index contributed by atoms with van der Waals surface area (Å²) in [6.45, 7) is 8.90. The second-order valence-electron chi connectivity index (χ2n) is 7.35. The smallest absolute Gasteiger partial charge is 0.272 e. The van der Waals surface area contributed by atoms with Gasteiger partial charge in [0.25, 0.3) is 5.91 Å². The molecule has 3 heterocycles. The topological polar surface area (TPSA) is 61.8 Å². The van der Waals surface area contributed by atoms with Crippen molar-refractivity contribution in [3.63, 3.8) is 0 Å². The molecule has 1 aromatic heterocycles. The van der Waals surface area contributed by atoms with Gasteiger partial charge in [0.15, 0.2) is 0 Å². The third-order valence-corrected chi connectivity index (χ3v) is 5.26. The Bertz CT molecular complexity index is 800. The number of carbonyl (C=O) groups is 1. The summed E-state index contributed by atoms with van der Waals surface area (Å²) in [5.41, 5.74) is 2.62. The first-order valence-electron chi connectivity index (χ1n) is 9.93. The van der Waals surface area contributed by atoms with Gasteiger partial charge in [-0.05, 0) is 18.6 Å². The lowest BCUT2D eigenvalue weighted by Gasteiger charge is -2.34. The van der Waals surface area contributed by atoms with Gasteiger partial charge in [-0.1, -0.05) is 30.3 Å². The Balaban J connectivity index is 1.39. The molecule has 7 nitrogen and oxygen atoms in total. The molecule has 0 spiro atoms. The van der Waals surface area contributed by atoms with Crippen molar-refractivity contribution < 1.29 is 9.53 Å². The van der Waals surface area contributed by atoms with Crippen LogP contribution in [0.25, 0.3) is 0 Å². The molecule has 1 amide bonds. The highest BCUT2D eigenvalue weighted by Gasteiger charge is 2.24. The summed E-state index contributed by atoms with van der Waals surface area (Å²) in [5.74, 6) is 0.633. The number of hydrogen-bond acceptors (Lipinski definition) is 6. The zero-order valence-electron chi connectivity index (χ0n) is 16.4. The van der Waals surface area contributed by atoms with Crippen molar-refractivity contribution in [2.24, 2.45) is 0 Å². The van der Waals surface area contributed by atoms with E-state index in [0.717, 1.165) is 51.5 Å². The van der Waals surface area contributed by atoms with Gasteiger partial charge in [0.1, 0.15) is 5.69 Å². The van der Waals surface area contributed by atoms with Crippen LogP contribution in [-0.2, 0) is 11.3 Å². The number of ether oxygens (including phenoxy) is 1. The highest BCUT2D eigenvalue weighted by atomic mass is 16.5. The minimum absolute atomic E-state index is 0.000583. The molecule has 0 saturated carbocycles. The van der Waals surface area contributed by atoms with Gasteiger partial charge >= 0.3 is 0 Å². The molecule has 2 fully saturated rings. The van der Waals surface area contributed by atoms with Crippen molar-refractivity contribution in [2.45, 2.75) is 13.5 Å². The summed E-state index contributed by atoms with van der Waals surface area (Å²) in [4.78, 5) is 28.5. The van der Waals surface area contributed by atoms with Crippen LogP contribution in [0.5, 0.6) is 0 Å². The minimum atomic E-state index is -0.000583. The van der Waals surface area contributed by atoms with Crippen LogP contribution in [0, 0.1) is 6.92 Å². The monoisotopic (exact) mass is 381 g/mol. The predicted molar refractivity (Wildman–Crippen MR) is 107 cm³/mol. The predicted octanol–water partition coefficient (Wildman–Crippen LogP) is 1.58. The standard InChI is InChI=1S/C21H27N5O2/c1-17-15-19(23-21(22-17)26-11-13-28-14-12-26)20(27)25-9-7-24(8-10-25)16-18-5-3-2-4-6-18/h2-6,15H,7-14,16H2,1H3. The molecule has 148 valence electrons. The molecule has 0 aliphatic carbocycles. The number of carbonyl (C=O) groups excluding carboxylic acids is 1. The number of nitrogens with zero attached hydrogens (tertiary/aromatic N) is 5. The van der Waals surface area contributed by atoms with Crippen LogP contribution < -0.4 is 4.90 Å². The Morgan fingerprint density at radius 2 is 1.71 bits per heavy atom. The maximum absolute atomic E-state index is 13.0. The van der Waals surface area contributed by atoms with Crippen molar-refractivity contribution in [1.82, 2.24) is 19.8 Å². The fourth-order valence-electron chi connectivity index (χ4n) is 3.68. The van der Waals surface area contributed by atoms with E-state index in [4.69, 9.17) is 4.74 Å². The van der Waals surface area contributed by atoms with Crippen LogP contribution in [0.2, 0.25) is 0 Å². The van der Waals surface area contributed by atoms with Crippen LogP contribution in [-0.4, -0.2) is 78.2 Å². The third-order valence-electron chi connectivity index (χ3n) is 5.26. The summed E-state index contributed by atoms with van der Waals surface area (Å²) in [7, 11) is 0. The van der Waals surface area contributed by atoms with E-state index in [9.17, 15) is 4.79 Å². The Morgan fingerprint density at radius 1 is 1.00 bits per heavy atom. The van der Waals surface area contributed by atoms with Crippen LogP contribution >= 0.6 is 0 Å². The Kier molecular flexibility index (Phi) is 5.83. The van der Waals surface area contributed by atoms with Crippen LogP contribution in [0.1, 0.15) is 21.7 Å². The number of piperazine rings is 1. The lowest BCUT2D eigenvalue weighted by molar-refractivity contribution is 0.0622. The molecular weight excluding hydrogens is 354 g/mol. The normalized spacial score (nSPS) is 18.3. The summed E-state index contributed by atoms with van der Waals surface area (Å²) in [6, 6.07) is 12.3. The molecule has 28 heavy (non-hydrogen) atoms. The number of hydrogen-bond donors (Lipinski definition) is 0. The highest BCUT2D eigenvalue weighted by molar-refractivity contribution is 5.92. The van der Waals surface area contributed by atoms with Gasteiger partial charge in [-0.3, -0.25) is 9.69 Å². The van der Waals surface area contributed by atoms with E-state index in [-0.39, 0.29) is 5.91 Å². The van der Waals surface area contributed by atoms with E-state index in [1.54, 1.807) is 6.07 Å². The van der Waals surface area contributed by atoms with Gasteiger partial charge < -0.3 is 14.5 Å². The lowest BCUT2D eigenvalue weighted by atomic mass is 10.2.